The molecule has 0 saturated heterocycles. The maximum Gasteiger partial charge on any atom is 0.0878 e. The van der Waals surface area contributed by atoms with Gasteiger partial charge in [0.15, 0.2) is 0 Å². The van der Waals surface area contributed by atoms with Crippen molar-refractivity contribution < 1.29 is 0 Å². The molecule has 3 heteroatoms. The molecule has 2 nitrogen and oxygen atoms in total. The highest BCUT2D eigenvalue weighted by atomic mass is 127. The summed E-state index contributed by atoms with van der Waals surface area (Å²) in [6.07, 6.45) is 1.83. The van der Waals surface area contributed by atoms with E-state index in [-0.39, 0.29) is 0 Å². The zero-order valence-electron chi connectivity index (χ0n) is 3.93. The number of hydrogen-bond acceptors (Lipinski definition) is 2. The molecule has 1 aliphatic rings. The molecule has 1 atom stereocenters. The average molecular weight is 208 g/mol. The van der Waals surface area contributed by atoms with Crippen LogP contribution in [-0.4, -0.2) is 15.9 Å². The van der Waals surface area contributed by atoms with Crippen LogP contribution >= 0.6 is 22.6 Å². The van der Waals surface area contributed by atoms with Crippen LogP contribution in [0.1, 0.15) is 6.92 Å². The van der Waals surface area contributed by atoms with Gasteiger partial charge in [-0.2, -0.15) is 10.2 Å². The molecular weight excluding hydrogens is 203 g/mol. The van der Waals surface area contributed by atoms with E-state index in [1.165, 1.54) is 0 Å². The van der Waals surface area contributed by atoms with Gasteiger partial charge in [0.25, 0.3) is 0 Å². The first kappa shape index (κ1) is 5.21. The molecule has 0 aromatic heterocycles. The van der Waals surface area contributed by atoms with E-state index in [1.807, 2.05) is 13.1 Å². The Hall–Kier alpha value is 0.0700. The smallest absolute Gasteiger partial charge is 0.0878 e. The molecule has 0 unspecified atom stereocenters. The quantitative estimate of drug-likeness (QED) is 0.422. The summed E-state index contributed by atoms with van der Waals surface area (Å²) in [7, 11) is 0. The van der Waals surface area contributed by atoms with E-state index in [9.17, 15) is 0 Å². The fourth-order valence-corrected chi connectivity index (χ4v) is 0.614. The Morgan fingerprint density at radius 1 is 1.86 bits per heavy atom. The Balaban J connectivity index is 2.69. The lowest BCUT2D eigenvalue weighted by atomic mass is 10.3. The fourth-order valence-electron chi connectivity index (χ4n) is 0.346. The highest BCUT2D eigenvalue weighted by molar-refractivity contribution is 14.1. The van der Waals surface area contributed by atoms with E-state index in [0.29, 0.717) is 3.92 Å². The summed E-state index contributed by atoms with van der Waals surface area (Å²) in [4.78, 5) is 0. The zero-order chi connectivity index (χ0) is 5.28. The lowest BCUT2D eigenvalue weighted by molar-refractivity contribution is 1.27. The molecule has 0 bridgehead atoms. The molecule has 0 radical (unpaired) electrons. The van der Waals surface area contributed by atoms with Crippen LogP contribution < -0.4 is 0 Å². The Bertz CT molecular complexity index is 128. The summed E-state index contributed by atoms with van der Waals surface area (Å²) < 4.78 is 0.442. The molecule has 0 aromatic rings. The van der Waals surface area contributed by atoms with Crippen LogP contribution in [0.2, 0.25) is 0 Å². The predicted octanol–water partition coefficient (Wildman–Crippen LogP) is 1.25. The summed E-state index contributed by atoms with van der Waals surface area (Å²) in [5.74, 6) is 0. The van der Waals surface area contributed by atoms with Gasteiger partial charge in [-0.15, -0.1) is 0 Å². The molecule has 1 aliphatic heterocycles. The monoisotopic (exact) mass is 208 g/mol. The van der Waals surface area contributed by atoms with E-state index in [4.69, 9.17) is 0 Å². The van der Waals surface area contributed by atoms with Crippen LogP contribution in [0.4, 0.5) is 0 Å². The van der Waals surface area contributed by atoms with E-state index in [1.54, 1.807) is 0 Å². The van der Waals surface area contributed by atoms with Crippen molar-refractivity contribution in [2.75, 3.05) is 0 Å². The summed E-state index contributed by atoms with van der Waals surface area (Å²) >= 11 is 2.28. The topological polar surface area (TPSA) is 24.7 Å². The van der Waals surface area contributed by atoms with Crippen LogP contribution in [0.5, 0.6) is 0 Å². The first-order valence-electron chi connectivity index (χ1n) is 2.02. The molecule has 1 heterocycles. The first-order valence-corrected chi connectivity index (χ1v) is 3.27. The van der Waals surface area contributed by atoms with Gasteiger partial charge in [-0.3, -0.25) is 0 Å². The Morgan fingerprint density at radius 3 is 2.71 bits per heavy atom. The lowest BCUT2D eigenvalue weighted by Gasteiger charge is -1.88. The third-order valence-corrected chi connectivity index (χ3v) is 2.04. The van der Waals surface area contributed by atoms with Crippen molar-refractivity contribution >= 4 is 34.5 Å². The van der Waals surface area contributed by atoms with Gasteiger partial charge in [-0.1, -0.05) is 22.6 Å². The van der Waals surface area contributed by atoms with Gasteiger partial charge >= 0.3 is 0 Å². The molecule has 0 aliphatic carbocycles. The third kappa shape index (κ3) is 0.992. The van der Waals surface area contributed by atoms with Crippen LogP contribution in [0, 0.1) is 0 Å². The second-order valence-electron chi connectivity index (χ2n) is 1.41. The molecule has 0 fully saturated rings. The summed E-state index contributed by atoms with van der Waals surface area (Å²) in [6.45, 7) is 1.98. The highest BCUT2D eigenvalue weighted by Crippen LogP contribution is 2.05. The van der Waals surface area contributed by atoms with E-state index < -0.39 is 0 Å². The van der Waals surface area contributed by atoms with Gasteiger partial charge in [-0.05, 0) is 6.92 Å². The summed E-state index contributed by atoms with van der Waals surface area (Å²) in [6, 6.07) is 0. The molecule has 0 amide bonds. The van der Waals surface area contributed by atoms with Crippen molar-refractivity contribution in [3.63, 3.8) is 0 Å². The van der Waals surface area contributed by atoms with Crippen LogP contribution in [0.15, 0.2) is 10.2 Å². The number of nitrogens with zero attached hydrogens (tertiary/aromatic N) is 2. The van der Waals surface area contributed by atoms with Crippen LogP contribution in [0.3, 0.4) is 0 Å². The van der Waals surface area contributed by atoms with Crippen molar-refractivity contribution in [2.24, 2.45) is 10.2 Å². The maximum atomic E-state index is 3.80. The maximum absolute atomic E-state index is 3.80. The summed E-state index contributed by atoms with van der Waals surface area (Å²) in [5.41, 5.74) is 1.10. The van der Waals surface area contributed by atoms with Gasteiger partial charge in [0.1, 0.15) is 0 Å². The third-order valence-electron chi connectivity index (χ3n) is 0.812. The Labute approximate surface area is 55.9 Å². The molecule has 0 aromatic carbocycles. The number of halogens is 1. The number of hydrogen-bond donors (Lipinski definition) is 0. The molecule has 7 heavy (non-hydrogen) atoms. The predicted molar refractivity (Wildman–Crippen MR) is 39.4 cm³/mol. The largest absolute Gasteiger partial charge is 0.162 e. The zero-order valence-corrected chi connectivity index (χ0v) is 6.08. The van der Waals surface area contributed by atoms with Gasteiger partial charge < -0.3 is 0 Å². The minimum Gasteiger partial charge on any atom is -0.162 e. The standard InChI is InChI=1S/C4H5IN2/c1-3-4(5)2-6-7-3/h2,4H,1H3/t4-/m1/s1. The molecular formula is C4H5IN2. The van der Waals surface area contributed by atoms with Crippen molar-refractivity contribution in [2.45, 2.75) is 10.8 Å². The van der Waals surface area contributed by atoms with E-state index >= 15 is 0 Å². The normalized spacial score (nSPS) is 28.3. The van der Waals surface area contributed by atoms with Crippen LogP contribution in [-0.2, 0) is 0 Å². The summed E-state index contributed by atoms with van der Waals surface area (Å²) in [5, 5.41) is 7.50. The molecule has 1 rings (SSSR count). The van der Waals surface area contributed by atoms with E-state index in [0.717, 1.165) is 5.71 Å². The average Bonchev–Trinajstić information content (AvgIpc) is 1.91. The molecule has 0 saturated carbocycles. The van der Waals surface area contributed by atoms with Gasteiger partial charge in [0.05, 0.1) is 9.64 Å². The SMILES string of the molecule is CC1=NN=C[C@H]1I. The van der Waals surface area contributed by atoms with Crippen molar-refractivity contribution in [3.05, 3.63) is 0 Å². The van der Waals surface area contributed by atoms with Crippen LogP contribution in [0.25, 0.3) is 0 Å². The highest BCUT2D eigenvalue weighted by Gasteiger charge is 2.07. The lowest BCUT2D eigenvalue weighted by Crippen LogP contribution is -2.04. The Kier molecular flexibility index (Phi) is 1.41. The number of alkyl halides is 1. The fraction of sp³-hybridized carbons (Fsp3) is 0.500. The van der Waals surface area contributed by atoms with Crippen molar-refractivity contribution in [1.82, 2.24) is 0 Å². The minimum absolute atomic E-state index is 0.442. The van der Waals surface area contributed by atoms with Gasteiger partial charge in [0, 0.05) is 6.21 Å². The second kappa shape index (κ2) is 1.90. The minimum atomic E-state index is 0.442. The number of rotatable bonds is 0. The first-order chi connectivity index (χ1) is 3.30. The Morgan fingerprint density at radius 2 is 2.57 bits per heavy atom. The van der Waals surface area contributed by atoms with Crippen molar-refractivity contribution in [1.29, 1.82) is 0 Å². The molecule has 38 valence electrons. The molecule has 0 N–H and O–H groups in total. The van der Waals surface area contributed by atoms with Gasteiger partial charge in [-0.25, -0.2) is 0 Å². The second-order valence-corrected chi connectivity index (χ2v) is 2.75. The van der Waals surface area contributed by atoms with Gasteiger partial charge in [0.2, 0.25) is 0 Å². The van der Waals surface area contributed by atoms with E-state index in [2.05, 4.69) is 32.8 Å². The van der Waals surface area contributed by atoms with Crippen molar-refractivity contribution in [3.8, 4) is 0 Å². The molecule has 0 spiro atoms.